The number of nitrogens with one attached hydrogen (secondary N) is 1. The molecule has 4 fully saturated rings. The van der Waals surface area contributed by atoms with Crippen LogP contribution in [0.2, 0.25) is 26.3 Å². The van der Waals surface area contributed by atoms with Crippen molar-refractivity contribution < 1.29 is 88.6 Å². The minimum Gasteiger partial charge on any atom is -0.444 e. The molecule has 4 aromatic rings. The van der Waals surface area contributed by atoms with Gasteiger partial charge in [0, 0.05) is 109 Å². The molecule has 0 radical (unpaired) electrons. The Bertz CT molecular complexity index is 3250. The SMILES string of the molecule is CC(C)(C)OC(=O)N1CC(S)C1.CC(C)(C)OC(=O)N1CC(Sc2nc(Cl)ncc2C(F)(F)F)C1.CS(=O)(=O)Cl.CS(=O)(=O)N1CC(Sc2nc(Cl)ncc2C(F)(F)F)C1.FC(F)(F)c1cnc(Cl)nc1Cl.FC(F)(F)c1cnc(Cl)nc1SC1CNC1. The summed E-state index contributed by atoms with van der Waals surface area (Å²) in [5.41, 5.74) is -4.81. The van der Waals surface area contributed by atoms with Crippen molar-refractivity contribution in [3.8, 4) is 0 Å². The first-order valence-electron chi connectivity index (χ1n) is 24.0. The van der Waals surface area contributed by atoms with Crippen LogP contribution >= 0.6 is 117 Å². The first-order chi connectivity index (χ1) is 39.8. The number of rotatable bonds is 7. The van der Waals surface area contributed by atoms with Crippen molar-refractivity contribution in [2.45, 2.75) is 114 Å². The van der Waals surface area contributed by atoms with Crippen LogP contribution < -0.4 is 5.32 Å². The Labute approximate surface area is 543 Å². The second-order valence-electron chi connectivity index (χ2n) is 20.0. The molecule has 4 aliphatic rings. The Morgan fingerprint density at radius 2 is 0.807 bits per heavy atom. The van der Waals surface area contributed by atoms with E-state index in [-0.39, 0.29) is 71.1 Å². The molecule has 1 N–H and O–H groups in total. The van der Waals surface area contributed by atoms with Crippen molar-refractivity contribution in [2.75, 3.05) is 64.9 Å². The van der Waals surface area contributed by atoms with E-state index in [2.05, 4.69) is 68.5 Å². The largest absolute Gasteiger partial charge is 0.444 e. The molecule has 0 aromatic carbocycles. The Kier molecular flexibility index (Phi) is 29.0. The van der Waals surface area contributed by atoms with Crippen LogP contribution in [-0.4, -0.2) is 180 Å². The van der Waals surface area contributed by atoms with E-state index in [1.54, 1.807) is 25.7 Å². The Balaban J connectivity index is 0.000000288. The van der Waals surface area contributed by atoms with Gasteiger partial charge in [-0.05, 0) is 87.9 Å². The van der Waals surface area contributed by atoms with Crippen LogP contribution in [0.25, 0.3) is 0 Å². The van der Waals surface area contributed by atoms with E-state index in [9.17, 15) is 79.1 Å². The average Bonchev–Trinajstić information content (AvgIpc) is 3.26. The molecule has 20 nitrogen and oxygen atoms in total. The van der Waals surface area contributed by atoms with E-state index in [0.717, 1.165) is 54.0 Å². The van der Waals surface area contributed by atoms with Gasteiger partial charge in [-0.15, -0.1) is 0 Å². The highest BCUT2D eigenvalue weighted by atomic mass is 35.7. The molecular formula is C44H50Cl6F12N12O8S6. The lowest BCUT2D eigenvalue weighted by Crippen LogP contribution is -2.53. The number of aromatic nitrogens is 8. The summed E-state index contributed by atoms with van der Waals surface area (Å²) in [4.78, 5) is 53.4. The summed E-state index contributed by atoms with van der Waals surface area (Å²) in [5, 5.41) is 0.641. The molecule has 8 heterocycles. The normalized spacial score (nSPS) is 16.3. The summed E-state index contributed by atoms with van der Waals surface area (Å²) in [6.45, 7) is 14.5. The van der Waals surface area contributed by atoms with Crippen molar-refractivity contribution in [3.63, 3.8) is 0 Å². The summed E-state index contributed by atoms with van der Waals surface area (Å²) < 4.78 is 203. The summed E-state index contributed by atoms with van der Waals surface area (Å²) >= 11 is 34.0. The molecule has 0 unspecified atom stereocenters. The van der Waals surface area contributed by atoms with Gasteiger partial charge in [-0.1, -0.05) is 46.9 Å². The molecule has 0 bridgehead atoms. The summed E-state index contributed by atoms with van der Waals surface area (Å²) in [6, 6.07) is 0. The lowest BCUT2D eigenvalue weighted by Gasteiger charge is -2.39. The number of nitrogens with zero attached hydrogens (tertiary/aromatic N) is 11. The molecule has 0 spiro atoms. The summed E-state index contributed by atoms with van der Waals surface area (Å²) in [5.74, 6) is 0. The number of halogens is 18. The lowest BCUT2D eigenvalue weighted by molar-refractivity contribution is -0.141. The number of thioether (sulfide) groups is 3. The van der Waals surface area contributed by atoms with Gasteiger partial charge in [-0.2, -0.15) is 69.6 Å². The standard InChI is InChI=1S/C13H15ClF3N3O2S.C9H9ClF3N3O2S2.C8H7ClF3N3S.C8H15NO2S.C5HCl2F3N2.CH3ClO2S/c1-12(2,3)22-11(21)20-5-7(6-20)23-9-8(13(15,16)17)4-18-10(14)19-9;1-20(17,18)16-3-5(4-16)19-7-6(9(11,12)13)2-14-8(10)15-7;9-7-14-3-5(8(10,11)12)6(15-7)16-4-1-13-2-4;1-8(2,3)11-7(10)9-4-6(12)5-9;6-3-2(5(8,9)10)1-11-4(7)12-3;1-5(2,3)4/h4,7H,5-6H2,1-3H3;2,5H,3-4H2,1H3;3-4,13H,1-2H2;6,12H,4-5H2,1-3H3;1H;1H3. The van der Waals surface area contributed by atoms with Crippen molar-refractivity contribution in [1.82, 2.24) is 59.3 Å². The molecule has 8 rings (SSSR count). The summed E-state index contributed by atoms with van der Waals surface area (Å²) in [6.07, 6.45) is -14.3. The average molecular weight is 1510 g/mol. The maximum absolute atomic E-state index is 12.9. The molecule has 0 saturated carbocycles. The van der Waals surface area contributed by atoms with Crippen molar-refractivity contribution in [3.05, 3.63) is 73.3 Å². The topological polar surface area (TPSA) is 246 Å². The first-order valence-corrected chi connectivity index (χ1v) is 33.6. The predicted octanol–water partition coefficient (Wildman–Crippen LogP) is 12.5. The number of amides is 2. The van der Waals surface area contributed by atoms with E-state index in [1.807, 2.05) is 20.8 Å². The highest BCUT2D eigenvalue weighted by Crippen LogP contribution is 2.42. The number of hydrogen-bond acceptors (Lipinski definition) is 21. The molecule has 0 atom stereocenters. The number of alkyl halides is 12. The van der Waals surface area contributed by atoms with E-state index in [0.29, 0.717) is 63.1 Å². The van der Waals surface area contributed by atoms with Gasteiger partial charge in [-0.25, -0.2) is 66.3 Å². The van der Waals surface area contributed by atoms with Gasteiger partial charge in [0.15, 0.2) is 0 Å². The van der Waals surface area contributed by atoms with Gasteiger partial charge in [0.1, 0.15) is 53.7 Å². The van der Waals surface area contributed by atoms with Crippen LogP contribution in [0.3, 0.4) is 0 Å². The number of thiol groups is 1. The van der Waals surface area contributed by atoms with Crippen LogP contribution in [0.15, 0.2) is 39.9 Å². The molecule has 496 valence electrons. The van der Waals surface area contributed by atoms with E-state index >= 15 is 0 Å². The minimum absolute atomic E-state index is 0.0981. The number of ether oxygens (including phenoxy) is 2. The second-order valence-corrected chi connectivity index (χ2v) is 31.3. The molecule has 44 heteroatoms. The van der Waals surface area contributed by atoms with Crippen LogP contribution in [-0.2, 0) is 53.3 Å². The fraction of sp³-hybridized carbons (Fsp3) is 0.591. The Morgan fingerprint density at radius 3 is 1.07 bits per heavy atom. The number of hydrogen-bond donors (Lipinski definition) is 2. The third-order valence-electron chi connectivity index (χ3n) is 9.98. The van der Waals surface area contributed by atoms with Crippen LogP contribution in [0.4, 0.5) is 62.3 Å². The van der Waals surface area contributed by atoms with E-state index in [1.165, 1.54) is 9.21 Å². The molecule has 4 aliphatic heterocycles. The molecule has 0 aliphatic carbocycles. The van der Waals surface area contributed by atoms with Crippen LogP contribution in [0.5, 0.6) is 0 Å². The van der Waals surface area contributed by atoms with E-state index in [4.69, 9.17) is 67.5 Å². The third-order valence-corrected chi connectivity index (χ3v) is 16.1. The van der Waals surface area contributed by atoms with Gasteiger partial charge in [0.2, 0.25) is 40.2 Å². The number of carbonyl (C=O) groups is 2. The maximum Gasteiger partial charge on any atom is 0.420 e. The van der Waals surface area contributed by atoms with Gasteiger partial charge in [0.25, 0.3) is 0 Å². The van der Waals surface area contributed by atoms with E-state index < -0.39 is 88.5 Å². The van der Waals surface area contributed by atoms with Gasteiger partial charge < -0.3 is 24.6 Å². The number of carbonyl (C=O) groups excluding carboxylic acids is 2. The third kappa shape index (κ3) is 28.9. The van der Waals surface area contributed by atoms with Gasteiger partial charge >= 0.3 is 36.9 Å². The first kappa shape index (κ1) is 79.2. The maximum atomic E-state index is 12.9. The number of likely N-dealkylation sites (tertiary alicyclic amines) is 2. The second kappa shape index (κ2) is 32.2. The van der Waals surface area contributed by atoms with Crippen molar-refractivity contribution >= 4 is 148 Å². The monoisotopic (exact) mass is 1500 g/mol. The zero-order valence-electron chi connectivity index (χ0n) is 46.3. The number of sulfonamides is 1. The quantitative estimate of drug-likeness (QED) is 0.0574. The zero-order chi connectivity index (χ0) is 67.5. The van der Waals surface area contributed by atoms with Gasteiger partial charge in [-0.3, -0.25) is 0 Å². The van der Waals surface area contributed by atoms with Crippen LogP contribution in [0.1, 0.15) is 63.8 Å². The van der Waals surface area contributed by atoms with Crippen LogP contribution in [0, 0.1) is 0 Å². The highest BCUT2D eigenvalue weighted by molar-refractivity contribution is 8.13. The van der Waals surface area contributed by atoms with Gasteiger partial charge in [0.05, 0.1) is 12.5 Å². The molecule has 88 heavy (non-hydrogen) atoms. The zero-order valence-corrected chi connectivity index (χ0v) is 55.8. The smallest absolute Gasteiger partial charge is 0.420 e. The lowest BCUT2D eigenvalue weighted by atomic mass is 10.2. The Morgan fingerprint density at radius 1 is 0.523 bits per heavy atom. The highest BCUT2D eigenvalue weighted by Gasteiger charge is 2.42. The summed E-state index contributed by atoms with van der Waals surface area (Å²) in [7, 11) is -1.99. The molecule has 4 saturated heterocycles. The van der Waals surface area contributed by atoms with Crippen molar-refractivity contribution in [1.29, 1.82) is 0 Å². The molecular weight excluding hydrogens is 1460 g/mol. The fourth-order valence-corrected chi connectivity index (χ4v) is 12.0. The fourth-order valence-electron chi connectivity index (χ4n) is 5.91. The predicted molar refractivity (Wildman–Crippen MR) is 310 cm³/mol. The van der Waals surface area contributed by atoms with Crippen molar-refractivity contribution in [2.24, 2.45) is 0 Å². The molecule has 2 amide bonds. The minimum atomic E-state index is -4.58. The molecule has 4 aromatic heterocycles. The Hall–Kier alpha value is -3.02.